The number of benzene rings is 2. The van der Waals surface area contributed by atoms with Crippen LogP contribution in [0.4, 0.5) is 28.7 Å². The number of nitrogens with one attached hydrogen (secondary N) is 2. The van der Waals surface area contributed by atoms with Crippen LogP contribution in [0.5, 0.6) is 0 Å². The van der Waals surface area contributed by atoms with Gasteiger partial charge in [-0.1, -0.05) is 18.5 Å². The molecule has 0 amide bonds. The molecule has 1 heterocycles. The Balaban J connectivity index is 1.92. The highest BCUT2D eigenvalue weighted by Gasteiger charge is 2.16. The Hall–Kier alpha value is -2.84. The van der Waals surface area contributed by atoms with Crippen LogP contribution in [-0.2, 0) is 9.84 Å². The van der Waals surface area contributed by atoms with Crippen molar-refractivity contribution in [3.63, 3.8) is 0 Å². The van der Waals surface area contributed by atoms with E-state index in [9.17, 15) is 8.42 Å². The van der Waals surface area contributed by atoms with E-state index in [4.69, 9.17) is 11.6 Å². The molecule has 0 spiro atoms. The summed E-state index contributed by atoms with van der Waals surface area (Å²) >= 11 is 5.93. The average molecular weight is 446 g/mol. The van der Waals surface area contributed by atoms with Crippen LogP contribution in [0.3, 0.4) is 0 Å². The summed E-state index contributed by atoms with van der Waals surface area (Å²) in [5, 5.41) is 7.09. The molecule has 2 N–H and O–H groups in total. The van der Waals surface area contributed by atoms with E-state index in [0.717, 1.165) is 17.9 Å². The quantitative estimate of drug-likeness (QED) is 0.511. The smallest absolute Gasteiger partial charge is 0.178 e. The molecule has 3 rings (SSSR count). The molecule has 0 aliphatic carbocycles. The van der Waals surface area contributed by atoms with Crippen LogP contribution in [0.25, 0.3) is 0 Å². The van der Waals surface area contributed by atoms with Gasteiger partial charge in [-0.15, -0.1) is 0 Å². The fourth-order valence-corrected chi connectivity index (χ4v) is 3.82. The normalized spacial score (nSPS) is 11.2. The van der Waals surface area contributed by atoms with E-state index in [0.29, 0.717) is 22.3 Å². The Kier molecular flexibility index (Phi) is 6.79. The molecule has 0 saturated heterocycles. The Morgan fingerprint density at radius 1 is 0.967 bits per heavy atom. The number of hydrogen-bond donors (Lipinski definition) is 2. The van der Waals surface area contributed by atoms with Gasteiger partial charge in [-0.05, 0) is 49.4 Å². The molecule has 0 saturated carbocycles. The molecule has 0 unspecified atom stereocenters. The maximum absolute atomic E-state index is 12.4. The molecule has 3 aromatic rings. The second-order valence-corrected chi connectivity index (χ2v) is 9.36. The number of sulfone groups is 1. The summed E-state index contributed by atoms with van der Waals surface area (Å²) in [4.78, 5) is 10.8. The fraction of sp³-hybridized carbons (Fsp3) is 0.238. The second-order valence-electron chi connectivity index (χ2n) is 6.64. The Morgan fingerprint density at radius 2 is 1.63 bits per heavy atom. The minimum atomic E-state index is -3.33. The molecule has 0 bridgehead atoms. The van der Waals surface area contributed by atoms with Crippen LogP contribution in [0.1, 0.15) is 13.8 Å². The molecule has 0 atom stereocenters. The minimum absolute atomic E-state index is 0.0398. The number of anilines is 5. The summed E-state index contributed by atoms with van der Waals surface area (Å²) in [6.45, 7) is 4.43. The van der Waals surface area contributed by atoms with Crippen LogP contribution < -0.4 is 15.5 Å². The molecule has 2 aromatic carbocycles. The van der Waals surface area contributed by atoms with Crippen molar-refractivity contribution < 1.29 is 8.42 Å². The van der Waals surface area contributed by atoms with Crippen molar-refractivity contribution in [3.8, 4) is 0 Å². The zero-order chi connectivity index (χ0) is 21.7. The number of halogens is 1. The standard InChI is InChI=1S/C21H24ClN5O2S/c1-4-27(3)19-11-10-17(30(28,29)5-2)12-18(19)26-21-13-20(23-14-24-21)25-16-8-6-15(22)7-9-16/h6-14H,4-5H2,1-3H3,(H2,23,24,25,26). The number of rotatable bonds is 8. The molecule has 0 fully saturated rings. The van der Waals surface area contributed by atoms with E-state index >= 15 is 0 Å². The van der Waals surface area contributed by atoms with Crippen LogP contribution in [-0.4, -0.2) is 37.7 Å². The molecule has 9 heteroatoms. The minimum Gasteiger partial charge on any atom is -0.373 e. The third-order valence-corrected chi connectivity index (χ3v) is 6.62. The van der Waals surface area contributed by atoms with Crippen molar-refractivity contribution in [1.29, 1.82) is 0 Å². The third kappa shape index (κ3) is 5.20. The van der Waals surface area contributed by atoms with Crippen molar-refractivity contribution in [2.45, 2.75) is 18.7 Å². The van der Waals surface area contributed by atoms with E-state index in [-0.39, 0.29) is 10.6 Å². The second kappa shape index (κ2) is 9.32. The van der Waals surface area contributed by atoms with Crippen molar-refractivity contribution in [2.24, 2.45) is 0 Å². The maximum Gasteiger partial charge on any atom is 0.178 e. The van der Waals surface area contributed by atoms with E-state index in [1.165, 1.54) is 6.33 Å². The third-order valence-electron chi connectivity index (χ3n) is 4.64. The van der Waals surface area contributed by atoms with Crippen molar-refractivity contribution in [1.82, 2.24) is 9.97 Å². The van der Waals surface area contributed by atoms with Crippen LogP contribution in [0, 0.1) is 0 Å². The molecule has 1 aromatic heterocycles. The Labute approximate surface area is 182 Å². The van der Waals surface area contributed by atoms with E-state index in [1.54, 1.807) is 37.3 Å². The lowest BCUT2D eigenvalue weighted by Gasteiger charge is -2.22. The molecule has 30 heavy (non-hydrogen) atoms. The Morgan fingerprint density at radius 3 is 2.27 bits per heavy atom. The summed E-state index contributed by atoms with van der Waals surface area (Å²) in [6, 6.07) is 14.1. The summed E-state index contributed by atoms with van der Waals surface area (Å²) in [7, 11) is -1.38. The lowest BCUT2D eigenvalue weighted by Crippen LogP contribution is -2.18. The molecule has 0 aliphatic rings. The molecule has 158 valence electrons. The first-order chi connectivity index (χ1) is 14.3. The summed E-state index contributed by atoms with van der Waals surface area (Å²) in [6.07, 6.45) is 1.44. The summed E-state index contributed by atoms with van der Waals surface area (Å²) < 4.78 is 24.7. The van der Waals surface area contributed by atoms with Gasteiger partial charge < -0.3 is 15.5 Å². The van der Waals surface area contributed by atoms with Gasteiger partial charge in [0.2, 0.25) is 0 Å². The lowest BCUT2D eigenvalue weighted by atomic mass is 10.2. The molecular formula is C21H24ClN5O2S. The van der Waals surface area contributed by atoms with Gasteiger partial charge in [0.05, 0.1) is 22.0 Å². The van der Waals surface area contributed by atoms with Gasteiger partial charge in [0, 0.05) is 30.4 Å². The van der Waals surface area contributed by atoms with Gasteiger partial charge in [0.15, 0.2) is 9.84 Å². The maximum atomic E-state index is 12.4. The first kappa shape index (κ1) is 21.9. The number of aromatic nitrogens is 2. The lowest BCUT2D eigenvalue weighted by molar-refractivity contribution is 0.597. The fourth-order valence-electron chi connectivity index (χ4n) is 2.79. The van der Waals surface area contributed by atoms with E-state index in [1.807, 2.05) is 37.1 Å². The zero-order valence-corrected chi connectivity index (χ0v) is 18.6. The van der Waals surface area contributed by atoms with Crippen LogP contribution in [0.15, 0.2) is 59.8 Å². The van der Waals surface area contributed by atoms with Gasteiger partial charge in [-0.3, -0.25) is 0 Å². The van der Waals surface area contributed by atoms with Crippen LogP contribution >= 0.6 is 11.6 Å². The summed E-state index contributed by atoms with van der Waals surface area (Å²) in [5.41, 5.74) is 2.37. The highest BCUT2D eigenvalue weighted by molar-refractivity contribution is 7.91. The van der Waals surface area contributed by atoms with E-state index in [2.05, 4.69) is 20.6 Å². The van der Waals surface area contributed by atoms with Crippen molar-refractivity contribution >= 4 is 50.1 Å². The van der Waals surface area contributed by atoms with Gasteiger partial charge in [-0.25, -0.2) is 18.4 Å². The zero-order valence-electron chi connectivity index (χ0n) is 17.1. The topological polar surface area (TPSA) is 87.2 Å². The predicted molar refractivity (Wildman–Crippen MR) is 123 cm³/mol. The SMILES string of the molecule is CCN(C)c1ccc(S(=O)(=O)CC)cc1Nc1cc(Nc2ccc(Cl)cc2)ncn1. The first-order valence-electron chi connectivity index (χ1n) is 9.52. The van der Waals surface area contributed by atoms with Crippen molar-refractivity contribution in [3.05, 3.63) is 59.9 Å². The van der Waals surface area contributed by atoms with E-state index < -0.39 is 9.84 Å². The van der Waals surface area contributed by atoms with Gasteiger partial charge in [0.25, 0.3) is 0 Å². The monoisotopic (exact) mass is 445 g/mol. The van der Waals surface area contributed by atoms with Gasteiger partial charge >= 0.3 is 0 Å². The first-order valence-corrected chi connectivity index (χ1v) is 11.5. The Bertz CT molecular complexity index is 1120. The average Bonchev–Trinajstić information content (AvgIpc) is 2.75. The highest BCUT2D eigenvalue weighted by Crippen LogP contribution is 2.31. The number of hydrogen-bond acceptors (Lipinski definition) is 7. The highest BCUT2D eigenvalue weighted by atomic mass is 35.5. The predicted octanol–water partition coefficient (Wildman–Crippen LogP) is 4.87. The summed E-state index contributed by atoms with van der Waals surface area (Å²) in [5.74, 6) is 1.17. The van der Waals surface area contributed by atoms with Crippen molar-refractivity contribution in [2.75, 3.05) is 34.9 Å². The molecule has 0 radical (unpaired) electrons. The molecular weight excluding hydrogens is 422 g/mol. The molecule has 7 nitrogen and oxygen atoms in total. The molecule has 0 aliphatic heterocycles. The number of nitrogens with zero attached hydrogens (tertiary/aromatic N) is 3. The van der Waals surface area contributed by atoms with Gasteiger partial charge in [-0.2, -0.15) is 0 Å². The van der Waals surface area contributed by atoms with Crippen LogP contribution in [0.2, 0.25) is 5.02 Å². The van der Waals surface area contributed by atoms with Gasteiger partial charge in [0.1, 0.15) is 18.0 Å². The largest absolute Gasteiger partial charge is 0.373 e.